The van der Waals surface area contributed by atoms with Crippen molar-refractivity contribution in [3.05, 3.63) is 33.9 Å². The van der Waals surface area contributed by atoms with E-state index in [9.17, 15) is 4.79 Å². The van der Waals surface area contributed by atoms with Crippen LogP contribution in [0, 0.1) is 6.92 Å². The second kappa shape index (κ2) is 3.94. The molecule has 3 nitrogen and oxygen atoms in total. The molecule has 0 saturated carbocycles. The van der Waals surface area contributed by atoms with Gasteiger partial charge in [-0.25, -0.2) is 0 Å². The van der Waals surface area contributed by atoms with Gasteiger partial charge in [-0.05, 0) is 30.7 Å². The summed E-state index contributed by atoms with van der Waals surface area (Å²) in [5.41, 5.74) is 2.97. The normalized spacial score (nSPS) is 10.9. The second-order valence-electron chi connectivity index (χ2n) is 3.85. The van der Waals surface area contributed by atoms with Crippen molar-refractivity contribution in [1.29, 1.82) is 0 Å². The van der Waals surface area contributed by atoms with E-state index in [0.29, 0.717) is 0 Å². The number of benzene rings is 1. The lowest BCUT2D eigenvalue weighted by atomic mass is 10.1. The van der Waals surface area contributed by atoms with Crippen LogP contribution in [0.15, 0.2) is 22.7 Å². The number of carboxylic acid groups (broad SMARTS) is 1. The van der Waals surface area contributed by atoms with E-state index in [4.69, 9.17) is 5.11 Å². The summed E-state index contributed by atoms with van der Waals surface area (Å²) in [5, 5.41) is 9.92. The molecule has 1 N–H and O–H groups in total. The zero-order valence-corrected chi connectivity index (χ0v) is 10.7. The summed E-state index contributed by atoms with van der Waals surface area (Å²) >= 11 is 3.41. The van der Waals surface area contributed by atoms with Crippen molar-refractivity contribution in [2.75, 3.05) is 0 Å². The topological polar surface area (TPSA) is 42.2 Å². The minimum Gasteiger partial charge on any atom is -0.481 e. The van der Waals surface area contributed by atoms with Crippen LogP contribution in [0.3, 0.4) is 0 Å². The average molecular weight is 282 g/mol. The molecular weight excluding hydrogens is 270 g/mol. The van der Waals surface area contributed by atoms with Crippen LogP contribution in [0.5, 0.6) is 0 Å². The highest BCUT2D eigenvalue weighted by molar-refractivity contribution is 9.10. The molecule has 1 aromatic carbocycles. The summed E-state index contributed by atoms with van der Waals surface area (Å²) in [6.07, 6.45) is 0.0691. The van der Waals surface area contributed by atoms with Crippen LogP contribution in [0.1, 0.15) is 11.3 Å². The third kappa shape index (κ3) is 1.73. The minimum atomic E-state index is -0.796. The van der Waals surface area contributed by atoms with Crippen molar-refractivity contribution in [3.63, 3.8) is 0 Å². The zero-order valence-electron chi connectivity index (χ0n) is 9.12. The molecule has 0 unspecified atom stereocenters. The fourth-order valence-electron chi connectivity index (χ4n) is 1.99. The van der Waals surface area contributed by atoms with Crippen LogP contribution in [0.4, 0.5) is 0 Å². The van der Waals surface area contributed by atoms with Gasteiger partial charge in [0.25, 0.3) is 0 Å². The lowest BCUT2D eigenvalue weighted by Crippen LogP contribution is -2.01. The Morgan fingerprint density at radius 1 is 1.50 bits per heavy atom. The van der Waals surface area contributed by atoms with Gasteiger partial charge in [0, 0.05) is 28.1 Å². The Hall–Kier alpha value is -1.29. The van der Waals surface area contributed by atoms with Crippen molar-refractivity contribution in [3.8, 4) is 0 Å². The fraction of sp³-hybridized carbons (Fsp3) is 0.250. The molecule has 0 aliphatic carbocycles. The predicted molar refractivity (Wildman–Crippen MR) is 66.7 cm³/mol. The number of rotatable bonds is 2. The number of aryl methyl sites for hydroxylation is 1. The molecule has 2 rings (SSSR count). The highest BCUT2D eigenvalue weighted by Crippen LogP contribution is 2.28. The number of hydrogen-bond donors (Lipinski definition) is 1. The molecule has 0 aliphatic rings. The predicted octanol–water partition coefficient (Wildman–Crippen LogP) is 2.88. The Kier molecular flexibility index (Phi) is 2.76. The lowest BCUT2D eigenvalue weighted by molar-refractivity contribution is -0.136. The monoisotopic (exact) mass is 281 g/mol. The van der Waals surface area contributed by atoms with E-state index in [-0.39, 0.29) is 6.42 Å². The first-order chi connectivity index (χ1) is 7.50. The van der Waals surface area contributed by atoms with Gasteiger partial charge in [0.2, 0.25) is 0 Å². The number of hydrogen-bond acceptors (Lipinski definition) is 1. The number of aliphatic carboxylic acids is 1. The fourth-order valence-corrected chi connectivity index (χ4v) is 2.36. The first-order valence-corrected chi connectivity index (χ1v) is 5.75. The highest BCUT2D eigenvalue weighted by Gasteiger charge is 2.14. The Labute approximate surface area is 102 Å². The summed E-state index contributed by atoms with van der Waals surface area (Å²) < 4.78 is 3.00. The van der Waals surface area contributed by atoms with Crippen molar-refractivity contribution >= 4 is 32.8 Å². The van der Waals surface area contributed by atoms with Crippen LogP contribution in [0.2, 0.25) is 0 Å². The Bertz CT molecular complexity index is 572. The largest absolute Gasteiger partial charge is 0.481 e. The molecule has 0 radical (unpaired) electrons. The molecular formula is C12H12BrNO2. The number of aromatic nitrogens is 1. The van der Waals surface area contributed by atoms with Gasteiger partial charge in [-0.3, -0.25) is 4.79 Å². The Morgan fingerprint density at radius 2 is 2.19 bits per heavy atom. The van der Waals surface area contributed by atoms with Crippen molar-refractivity contribution < 1.29 is 9.90 Å². The maximum Gasteiger partial charge on any atom is 0.307 e. The van der Waals surface area contributed by atoms with E-state index in [1.54, 1.807) is 0 Å². The summed E-state index contributed by atoms with van der Waals surface area (Å²) in [7, 11) is 1.96. The molecule has 1 aromatic heterocycles. The number of fused-ring (bicyclic) bond motifs is 1. The summed E-state index contributed by atoms with van der Waals surface area (Å²) in [6.45, 7) is 1.95. The van der Waals surface area contributed by atoms with E-state index >= 15 is 0 Å². The average Bonchev–Trinajstić information content (AvgIpc) is 2.43. The van der Waals surface area contributed by atoms with Gasteiger partial charge >= 0.3 is 5.97 Å². The maximum atomic E-state index is 10.8. The number of carbonyl (C=O) groups is 1. The highest BCUT2D eigenvalue weighted by atomic mass is 79.9. The van der Waals surface area contributed by atoms with Crippen molar-refractivity contribution in [2.24, 2.45) is 7.05 Å². The van der Waals surface area contributed by atoms with E-state index < -0.39 is 5.97 Å². The van der Waals surface area contributed by atoms with Crippen LogP contribution in [-0.2, 0) is 18.3 Å². The van der Waals surface area contributed by atoms with Gasteiger partial charge in [0.05, 0.1) is 6.42 Å². The second-order valence-corrected chi connectivity index (χ2v) is 4.77. The van der Waals surface area contributed by atoms with Gasteiger partial charge in [0.15, 0.2) is 0 Å². The zero-order chi connectivity index (χ0) is 11.9. The van der Waals surface area contributed by atoms with E-state index in [1.165, 1.54) is 0 Å². The number of halogens is 1. The van der Waals surface area contributed by atoms with Gasteiger partial charge < -0.3 is 9.67 Å². The summed E-state index contributed by atoms with van der Waals surface area (Å²) in [6, 6.07) is 5.94. The van der Waals surface area contributed by atoms with Gasteiger partial charge in [-0.15, -0.1) is 0 Å². The molecule has 2 aromatic rings. The lowest BCUT2D eigenvalue weighted by Gasteiger charge is -1.98. The van der Waals surface area contributed by atoms with Crippen LogP contribution >= 0.6 is 15.9 Å². The molecule has 16 heavy (non-hydrogen) atoms. The number of nitrogens with zero attached hydrogens (tertiary/aromatic N) is 1. The SMILES string of the molecule is Cc1c(CC(=O)O)c2cc(Br)ccc2n1C. The van der Waals surface area contributed by atoms with E-state index in [0.717, 1.165) is 26.6 Å². The molecule has 0 bridgehead atoms. The van der Waals surface area contributed by atoms with Crippen LogP contribution in [-0.4, -0.2) is 15.6 Å². The maximum absolute atomic E-state index is 10.8. The molecule has 0 aliphatic heterocycles. The van der Waals surface area contributed by atoms with Gasteiger partial charge in [0.1, 0.15) is 0 Å². The van der Waals surface area contributed by atoms with Crippen LogP contribution in [0.25, 0.3) is 10.9 Å². The minimum absolute atomic E-state index is 0.0691. The Balaban J connectivity index is 2.75. The molecule has 0 saturated heterocycles. The molecule has 0 fully saturated rings. The molecule has 0 spiro atoms. The summed E-state index contributed by atoms with van der Waals surface area (Å²) in [5.74, 6) is -0.796. The molecule has 84 valence electrons. The van der Waals surface area contributed by atoms with Crippen LogP contribution < -0.4 is 0 Å². The number of carboxylic acids is 1. The van der Waals surface area contributed by atoms with Crippen molar-refractivity contribution in [2.45, 2.75) is 13.3 Å². The molecule has 0 amide bonds. The molecule has 0 atom stereocenters. The van der Waals surface area contributed by atoms with E-state index in [2.05, 4.69) is 15.9 Å². The third-order valence-corrected chi connectivity index (χ3v) is 3.41. The smallest absolute Gasteiger partial charge is 0.307 e. The van der Waals surface area contributed by atoms with Gasteiger partial charge in [-0.1, -0.05) is 15.9 Å². The first kappa shape index (κ1) is 11.2. The molecule has 1 heterocycles. The third-order valence-electron chi connectivity index (χ3n) is 2.91. The Morgan fingerprint density at radius 3 is 2.81 bits per heavy atom. The van der Waals surface area contributed by atoms with E-state index in [1.807, 2.05) is 36.7 Å². The summed E-state index contributed by atoms with van der Waals surface area (Å²) in [4.78, 5) is 10.8. The first-order valence-electron chi connectivity index (χ1n) is 4.96. The standard InChI is InChI=1S/C12H12BrNO2/c1-7-9(6-12(15)16)10-5-8(13)3-4-11(10)14(7)2/h3-5H,6H2,1-2H3,(H,15,16). The quantitative estimate of drug-likeness (QED) is 0.920. The van der Waals surface area contributed by atoms with Gasteiger partial charge in [-0.2, -0.15) is 0 Å². The van der Waals surface area contributed by atoms with Crippen molar-refractivity contribution in [1.82, 2.24) is 4.57 Å². The molecule has 4 heteroatoms.